The second-order valence-electron chi connectivity index (χ2n) is 7.67. The number of carbonyl (C=O) groups excluding carboxylic acids is 1. The summed E-state index contributed by atoms with van der Waals surface area (Å²) in [5.74, 6) is 1.73. The molecule has 1 aliphatic rings. The van der Waals surface area contributed by atoms with Crippen molar-refractivity contribution in [1.29, 1.82) is 0 Å². The van der Waals surface area contributed by atoms with Crippen LogP contribution in [-0.4, -0.2) is 44.2 Å². The number of hydrogen-bond donors (Lipinski definition) is 1. The molecular weight excluding hydrogens is 364 g/mol. The number of nitrogens with zero attached hydrogens (tertiary/aromatic N) is 1. The van der Waals surface area contributed by atoms with Crippen molar-refractivity contribution < 1.29 is 14.3 Å². The Morgan fingerprint density at radius 1 is 1.10 bits per heavy atom. The first-order valence-corrected chi connectivity index (χ1v) is 10.4. The van der Waals surface area contributed by atoms with Crippen molar-refractivity contribution in [3.8, 4) is 11.5 Å². The quantitative estimate of drug-likeness (QED) is 0.695. The lowest BCUT2D eigenvalue weighted by Crippen LogP contribution is -2.37. The molecule has 1 amide bonds. The minimum absolute atomic E-state index is 0.00870. The largest absolute Gasteiger partial charge is 0.496 e. The molecular formula is C24H32N2O3. The van der Waals surface area contributed by atoms with Gasteiger partial charge in [-0.1, -0.05) is 30.3 Å². The summed E-state index contributed by atoms with van der Waals surface area (Å²) in [4.78, 5) is 14.9. The monoisotopic (exact) mass is 396 g/mol. The number of likely N-dealkylation sites (tertiary alicyclic amines) is 1. The Balaban J connectivity index is 1.56. The average Bonchev–Trinajstić information content (AvgIpc) is 3.25. The van der Waals surface area contributed by atoms with Crippen LogP contribution >= 0.6 is 0 Å². The maximum Gasteiger partial charge on any atom is 0.223 e. The molecule has 5 heteroatoms. The highest BCUT2D eigenvalue weighted by molar-refractivity contribution is 5.76. The van der Waals surface area contributed by atoms with Crippen LogP contribution in [0.4, 0.5) is 0 Å². The summed E-state index contributed by atoms with van der Waals surface area (Å²) in [6.45, 7) is 7.10. The van der Waals surface area contributed by atoms with Crippen LogP contribution < -0.4 is 14.8 Å². The first kappa shape index (κ1) is 21.2. The number of aryl methyl sites for hydroxylation is 2. The van der Waals surface area contributed by atoms with E-state index in [4.69, 9.17) is 9.47 Å². The van der Waals surface area contributed by atoms with Gasteiger partial charge in [0.1, 0.15) is 11.5 Å². The summed E-state index contributed by atoms with van der Waals surface area (Å²) in [7, 11) is 1.70. The lowest BCUT2D eigenvalue weighted by atomic mass is 10.0. The lowest BCUT2D eigenvalue weighted by Gasteiger charge is -2.29. The van der Waals surface area contributed by atoms with Gasteiger partial charge in [-0.25, -0.2) is 0 Å². The van der Waals surface area contributed by atoms with E-state index >= 15 is 0 Å². The molecule has 0 aliphatic carbocycles. The Morgan fingerprint density at radius 3 is 2.62 bits per heavy atom. The molecule has 0 bridgehead atoms. The maximum atomic E-state index is 12.4. The number of ether oxygens (including phenoxy) is 2. The first-order valence-electron chi connectivity index (χ1n) is 10.4. The highest BCUT2D eigenvalue weighted by atomic mass is 16.5. The third-order valence-corrected chi connectivity index (χ3v) is 5.50. The zero-order valence-electron chi connectivity index (χ0n) is 17.7. The standard InChI is InChI=1S/C24H32N2O3/c1-18-10-11-19(2)23(16-18)29-15-12-24(27)25-17-21(26-13-6-7-14-26)20-8-4-5-9-22(20)28-3/h4-5,8-11,16,21H,6-7,12-15,17H2,1-3H3,(H,25,27). The zero-order valence-corrected chi connectivity index (χ0v) is 17.7. The summed E-state index contributed by atoms with van der Waals surface area (Å²) in [6.07, 6.45) is 2.73. The molecule has 1 N–H and O–H groups in total. The Morgan fingerprint density at radius 2 is 1.86 bits per heavy atom. The molecule has 1 heterocycles. The van der Waals surface area contributed by atoms with Gasteiger partial charge in [-0.3, -0.25) is 9.69 Å². The third kappa shape index (κ3) is 5.73. The molecule has 1 atom stereocenters. The molecule has 156 valence electrons. The van der Waals surface area contributed by atoms with E-state index in [0.717, 1.165) is 41.3 Å². The normalized spacial score (nSPS) is 15.1. The molecule has 1 unspecified atom stereocenters. The van der Waals surface area contributed by atoms with E-state index in [9.17, 15) is 4.79 Å². The molecule has 29 heavy (non-hydrogen) atoms. The van der Waals surface area contributed by atoms with Crippen molar-refractivity contribution in [3.63, 3.8) is 0 Å². The van der Waals surface area contributed by atoms with E-state index in [1.54, 1.807) is 7.11 Å². The van der Waals surface area contributed by atoms with Crippen LogP contribution in [0, 0.1) is 13.8 Å². The van der Waals surface area contributed by atoms with E-state index < -0.39 is 0 Å². The highest BCUT2D eigenvalue weighted by Gasteiger charge is 2.26. The molecule has 1 saturated heterocycles. The summed E-state index contributed by atoms with van der Waals surface area (Å²) in [6, 6.07) is 14.3. The van der Waals surface area contributed by atoms with Gasteiger partial charge in [0.15, 0.2) is 0 Å². The fraction of sp³-hybridized carbons (Fsp3) is 0.458. The van der Waals surface area contributed by atoms with Gasteiger partial charge in [-0.2, -0.15) is 0 Å². The molecule has 0 spiro atoms. The minimum Gasteiger partial charge on any atom is -0.496 e. The molecule has 1 aliphatic heterocycles. The van der Waals surface area contributed by atoms with Gasteiger partial charge < -0.3 is 14.8 Å². The molecule has 5 nitrogen and oxygen atoms in total. The number of nitrogens with one attached hydrogen (secondary N) is 1. The number of rotatable bonds is 9. The van der Waals surface area contributed by atoms with E-state index in [1.807, 2.05) is 44.2 Å². The van der Waals surface area contributed by atoms with Gasteiger partial charge >= 0.3 is 0 Å². The summed E-state index contributed by atoms with van der Waals surface area (Å²) >= 11 is 0. The number of para-hydroxylation sites is 1. The van der Waals surface area contributed by atoms with Gasteiger partial charge in [0, 0.05) is 12.1 Å². The molecule has 3 rings (SSSR count). The number of amides is 1. The fourth-order valence-corrected chi connectivity index (χ4v) is 3.85. The van der Waals surface area contributed by atoms with Gasteiger partial charge in [0.25, 0.3) is 0 Å². The van der Waals surface area contributed by atoms with E-state index in [1.165, 1.54) is 12.8 Å². The van der Waals surface area contributed by atoms with Crippen LogP contribution in [0.1, 0.15) is 42.0 Å². The van der Waals surface area contributed by atoms with Gasteiger partial charge in [-0.15, -0.1) is 0 Å². The van der Waals surface area contributed by atoms with Crippen molar-refractivity contribution in [1.82, 2.24) is 10.2 Å². The number of benzene rings is 2. The number of hydrogen-bond acceptors (Lipinski definition) is 4. The molecule has 2 aromatic carbocycles. The zero-order chi connectivity index (χ0) is 20.6. The van der Waals surface area contributed by atoms with Gasteiger partial charge in [0.2, 0.25) is 5.91 Å². The van der Waals surface area contributed by atoms with Crippen LogP contribution in [0.25, 0.3) is 0 Å². The van der Waals surface area contributed by atoms with Gasteiger partial charge in [-0.05, 0) is 63.0 Å². The second-order valence-corrected chi connectivity index (χ2v) is 7.67. The SMILES string of the molecule is COc1ccccc1C(CNC(=O)CCOc1cc(C)ccc1C)N1CCCC1. The maximum absolute atomic E-state index is 12.4. The van der Waals surface area contributed by atoms with Crippen molar-refractivity contribution in [2.75, 3.05) is 33.4 Å². The number of methoxy groups -OCH3 is 1. The van der Waals surface area contributed by atoms with Crippen molar-refractivity contribution in [3.05, 3.63) is 59.2 Å². The fourth-order valence-electron chi connectivity index (χ4n) is 3.85. The topological polar surface area (TPSA) is 50.8 Å². The number of carbonyl (C=O) groups is 1. The van der Waals surface area contributed by atoms with Crippen LogP contribution in [0.2, 0.25) is 0 Å². The lowest BCUT2D eigenvalue weighted by molar-refractivity contribution is -0.121. The highest BCUT2D eigenvalue weighted by Crippen LogP contribution is 2.31. The molecule has 0 saturated carbocycles. The Bertz CT molecular complexity index is 816. The summed E-state index contributed by atoms with van der Waals surface area (Å²) in [5.41, 5.74) is 3.37. The molecule has 1 fully saturated rings. The Labute approximate surface area is 174 Å². The summed E-state index contributed by atoms with van der Waals surface area (Å²) < 4.78 is 11.4. The van der Waals surface area contributed by atoms with Crippen LogP contribution in [0.15, 0.2) is 42.5 Å². The average molecular weight is 397 g/mol. The van der Waals surface area contributed by atoms with Crippen LogP contribution in [0.5, 0.6) is 11.5 Å². The Kier molecular flexibility index (Phi) is 7.53. The minimum atomic E-state index is 0.00870. The van der Waals surface area contributed by atoms with Gasteiger partial charge in [0.05, 0.1) is 26.2 Å². The predicted molar refractivity (Wildman–Crippen MR) is 116 cm³/mol. The van der Waals surface area contributed by atoms with E-state index in [2.05, 4.69) is 22.3 Å². The van der Waals surface area contributed by atoms with E-state index in [0.29, 0.717) is 19.6 Å². The Hall–Kier alpha value is -2.53. The van der Waals surface area contributed by atoms with E-state index in [-0.39, 0.29) is 11.9 Å². The van der Waals surface area contributed by atoms with Crippen molar-refractivity contribution >= 4 is 5.91 Å². The molecule has 2 aromatic rings. The second kappa shape index (κ2) is 10.3. The smallest absolute Gasteiger partial charge is 0.223 e. The van der Waals surface area contributed by atoms with Crippen molar-refractivity contribution in [2.45, 2.75) is 39.2 Å². The third-order valence-electron chi connectivity index (χ3n) is 5.50. The van der Waals surface area contributed by atoms with Crippen molar-refractivity contribution in [2.24, 2.45) is 0 Å². The first-order chi connectivity index (χ1) is 14.1. The summed E-state index contributed by atoms with van der Waals surface area (Å²) in [5, 5.41) is 3.11. The predicted octanol–water partition coefficient (Wildman–Crippen LogP) is 4.03. The molecule has 0 radical (unpaired) electrons. The molecule has 0 aromatic heterocycles. The van der Waals surface area contributed by atoms with Crippen LogP contribution in [-0.2, 0) is 4.79 Å². The van der Waals surface area contributed by atoms with Crippen LogP contribution in [0.3, 0.4) is 0 Å².